The predicted octanol–water partition coefficient (Wildman–Crippen LogP) is 5.50. The van der Waals surface area contributed by atoms with E-state index >= 15 is 0 Å². The summed E-state index contributed by atoms with van der Waals surface area (Å²) >= 11 is 6.47. The Hall–Kier alpha value is -2.64. The number of aryl methyl sites for hydroxylation is 1. The van der Waals surface area contributed by atoms with Crippen molar-refractivity contribution in [3.63, 3.8) is 0 Å². The first-order chi connectivity index (χ1) is 15.0. The van der Waals surface area contributed by atoms with Crippen LogP contribution in [0, 0.1) is 6.92 Å². The van der Waals surface area contributed by atoms with E-state index in [1.807, 2.05) is 43.3 Å². The number of hydrogen-bond donors (Lipinski definition) is 1. The second-order valence-corrected chi connectivity index (χ2v) is 8.93. The van der Waals surface area contributed by atoms with Gasteiger partial charge in [-0.2, -0.15) is 5.01 Å². The van der Waals surface area contributed by atoms with E-state index in [0.29, 0.717) is 21.4 Å². The minimum absolute atomic E-state index is 0.296. The largest absolute Gasteiger partial charge is 0.494 e. The van der Waals surface area contributed by atoms with E-state index in [4.69, 9.17) is 17.0 Å². The van der Waals surface area contributed by atoms with Crippen LogP contribution in [0.3, 0.4) is 0 Å². The number of amides is 2. The molecule has 1 saturated heterocycles. The molecule has 2 aromatic rings. The third-order valence-electron chi connectivity index (χ3n) is 4.84. The van der Waals surface area contributed by atoms with Crippen molar-refractivity contribution in [2.75, 3.05) is 6.61 Å². The lowest BCUT2D eigenvalue weighted by molar-refractivity contribution is -0.123. The van der Waals surface area contributed by atoms with Gasteiger partial charge in [-0.1, -0.05) is 68.3 Å². The highest BCUT2D eigenvalue weighted by Crippen LogP contribution is 2.31. The number of rotatable bonds is 9. The zero-order valence-corrected chi connectivity index (χ0v) is 19.4. The summed E-state index contributed by atoms with van der Waals surface area (Å²) in [6, 6.07) is 14.8. The van der Waals surface area contributed by atoms with Crippen molar-refractivity contribution < 1.29 is 14.3 Å². The van der Waals surface area contributed by atoms with Crippen molar-refractivity contribution >= 4 is 46.2 Å². The average Bonchev–Trinajstić information content (AvgIpc) is 3.02. The van der Waals surface area contributed by atoms with E-state index in [2.05, 4.69) is 12.3 Å². The van der Waals surface area contributed by atoms with Crippen LogP contribution < -0.4 is 10.2 Å². The lowest BCUT2D eigenvalue weighted by Gasteiger charge is -2.16. The molecule has 1 heterocycles. The van der Waals surface area contributed by atoms with Gasteiger partial charge in [-0.05, 0) is 61.0 Å². The molecule has 0 bridgehead atoms. The molecule has 1 fully saturated rings. The Balaban J connectivity index is 1.61. The Kier molecular flexibility index (Phi) is 8.26. The molecule has 0 atom stereocenters. The fourth-order valence-corrected chi connectivity index (χ4v) is 4.26. The molecular formula is C24H26N2O3S2. The molecule has 1 aliphatic heterocycles. The maximum Gasteiger partial charge on any atom is 0.285 e. The van der Waals surface area contributed by atoms with Gasteiger partial charge in [0, 0.05) is 5.56 Å². The number of hydrazine groups is 1. The van der Waals surface area contributed by atoms with Crippen LogP contribution in [0.4, 0.5) is 0 Å². The maximum absolute atomic E-state index is 12.8. The molecule has 0 aromatic heterocycles. The first kappa shape index (κ1) is 23.0. The van der Waals surface area contributed by atoms with E-state index in [1.165, 1.54) is 31.0 Å². The third kappa shape index (κ3) is 6.18. The molecule has 1 aliphatic rings. The minimum atomic E-state index is -0.365. The summed E-state index contributed by atoms with van der Waals surface area (Å²) in [5, 5.41) is 1.13. The number of nitrogens with zero attached hydrogens (tertiary/aromatic N) is 1. The van der Waals surface area contributed by atoms with Crippen LogP contribution >= 0.6 is 24.0 Å². The smallest absolute Gasteiger partial charge is 0.285 e. The van der Waals surface area contributed by atoms with Gasteiger partial charge in [0.1, 0.15) is 5.75 Å². The molecule has 3 rings (SSSR count). The minimum Gasteiger partial charge on any atom is -0.494 e. The number of carbonyl (C=O) groups excluding carboxylic acids is 2. The fraction of sp³-hybridized carbons (Fsp3) is 0.292. The number of ether oxygens (including phenoxy) is 1. The van der Waals surface area contributed by atoms with Crippen molar-refractivity contribution in [2.45, 2.75) is 39.5 Å². The van der Waals surface area contributed by atoms with Crippen LogP contribution in [0.15, 0.2) is 53.4 Å². The molecule has 0 saturated carbocycles. The fourth-order valence-electron chi connectivity index (χ4n) is 3.08. The monoisotopic (exact) mass is 454 g/mol. The molecule has 1 N–H and O–H groups in total. The summed E-state index contributed by atoms with van der Waals surface area (Å²) in [6.07, 6.45) is 6.43. The number of thioether (sulfide) groups is 1. The number of hydrogen-bond acceptors (Lipinski definition) is 5. The SMILES string of the molecule is CCCCCCOc1ccc(/C=C2\SC(=S)N(NC(=O)c3ccccc3C)C2=O)cc1. The number of thiocarbonyl (C=S) groups is 1. The van der Waals surface area contributed by atoms with E-state index in [-0.39, 0.29) is 11.8 Å². The predicted molar refractivity (Wildman–Crippen MR) is 130 cm³/mol. The van der Waals surface area contributed by atoms with Gasteiger partial charge in [0.2, 0.25) is 0 Å². The molecule has 2 amide bonds. The molecule has 0 unspecified atom stereocenters. The van der Waals surface area contributed by atoms with Gasteiger partial charge < -0.3 is 4.74 Å². The Labute approximate surface area is 192 Å². The highest BCUT2D eigenvalue weighted by atomic mass is 32.2. The first-order valence-electron chi connectivity index (χ1n) is 10.4. The quantitative estimate of drug-likeness (QED) is 0.308. The Bertz CT molecular complexity index is 987. The van der Waals surface area contributed by atoms with Gasteiger partial charge in [0.15, 0.2) is 4.32 Å². The van der Waals surface area contributed by atoms with Crippen molar-refractivity contribution in [2.24, 2.45) is 0 Å². The number of unbranched alkanes of at least 4 members (excludes halogenated alkanes) is 3. The van der Waals surface area contributed by atoms with Crippen LogP contribution in [0.5, 0.6) is 5.75 Å². The van der Waals surface area contributed by atoms with Crippen molar-refractivity contribution in [1.82, 2.24) is 10.4 Å². The lowest BCUT2D eigenvalue weighted by Crippen LogP contribution is -2.45. The average molecular weight is 455 g/mol. The van der Waals surface area contributed by atoms with Gasteiger partial charge in [0.25, 0.3) is 11.8 Å². The summed E-state index contributed by atoms with van der Waals surface area (Å²) in [7, 11) is 0. The molecule has 31 heavy (non-hydrogen) atoms. The van der Waals surface area contributed by atoms with E-state index < -0.39 is 0 Å². The van der Waals surface area contributed by atoms with Crippen LogP contribution in [-0.4, -0.2) is 27.8 Å². The molecule has 0 radical (unpaired) electrons. The molecule has 0 spiro atoms. The van der Waals surface area contributed by atoms with Gasteiger partial charge in [-0.15, -0.1) is 0 Å². The highest BCUT2D eigenvalue weighted by molar-refractivity contribution is 8.26. The normalized spacial score (nSPS) is 14.9. The van der Waals surface area contributed by atoms with Crippen LogP contribution in [0.1, 0.15) is 54.1 Å². The van der Waals surface area contributed by atoms with Crippen LogP contribution in [-0.2, 0) is 4.79 Å². The summed E-state index contributed by atoms with van der Waals surface area (Å²) in [6.45, 7) is 4.74. The zero-order chi connectivity index (χ0) is 22.2. The Morgan fingerprint density at radius 1 is 1.13 bits per heavy atom. The number of nitrogens with one attached hydrogen (secondary N) is 1. The topological polar surface area (TPSA) is 58.6 Å². The molecule has 0 aliphatic carbocycles. The number of carbonyl (C=O) groups is 2. The third-order valence-corrected chi connectivity index (χ3v) is 6.14. The van der Waals surface area contributed by atoms with Gasteiger partial charge in [-0.25, -0.2) is 0 Å². The van der Waals surface area contributed by atoms with E-state index in [0.717, 1.165) is 28.3 Å². The second-order valence-electron chi connectivity index (χ2n) is 7.25. The maximum atomic E-state index is 12.8. The molecular weight excluding hydrogens is 428 g/mol. The summed E-state index contributed by atoms with van der Waals surface area (Å²) < 4.78 is 6.06. The Morgan fingerprint density at radius 3 is 2.58 bits per heavy atom. The van der Waals surface area contributed by atoms with Crippen molar-refractivity contribution in [3.8, 4) is 5.75 Å². The first-order valence-corrected chi connectivity index (χ1v) is 11.6. The standard InChI is InChI=1S/C24H26N2O3S2/c1-3-4-5-8-15-29-19-13-11-18(12-14-19)16-21-23(28)26(24(30)31-21)25-22(27)20-10-7-6-9-17(20)2/h6-7,9-14,16H,3-5,8,15H2,1-2H3,(H,25,27)/b21-16-. The highest BCUT2D eigenvalue weighted by Gasteiger charge is 2.33. The molecule has 2 aromatic carbocycles. The zero-order valence-electron chi connectivity index (χ0n) is 17.7. The van der Waals surface area contributed by atoms with Crippen LogP contribution in [0.25, 0.3) is 6.08 Å². The summed E-state index contributed by atoms with van der Waals surface area (Å²) in [4.78, 5) is 25.8. The molecule has 162 valence electrons. The van der Waals surface area contributed by atoms with Crippen molar-refractivity contribution in [1.29, 1.82) is 0 Å². The molecule has 5 nitrogen and oxygen atoms in total. The lowest BCUT2D eigenvalue weighted by atomic mass is 10.1. The molecule has 7 heteroatoms. The van der Waals surface area contributed by atoms with Gasteiger partial charge in [0.05, 0.1) is 11.5 Å². The number of benzene rings is 2. The summed E-state index contributed by atoms with van der Waals surface area (Å²) in [5.74, 6) is 0.107. The second kappa shape index (κ2) is 11.1. The summed E-state index contributed by atoms with van der Waals surface area (Å²) in [5.41, 5.74) is 4.82. The van der Waals surface area contributed by atoms with Crippen molar-refractivity contribution in [3.05, 3.63) is 70.1 Å². The van der Waals surface area contributed by atoms with Gasteiger partial charge >= 0.3 is 0 Å². The van der Waals surface area contributed by atoms with Gasteiger partial charge in [-0.3, -0.25) is 15.0 Å². The Morgan fingerprint density at radius 2 is 1.87 bits per heavy atom. The van der Waals surface area contributed by atoms with E-state index in [1.54, 1.807) is 18.2 Å². The van der Waals surface area contributed by atoms with E-state index in [9.17, 15) is 9.59 Å². The van der Waals surface area contributed by atoms with Crippen LogP contribution in [0.2, 0.25) is 0 Å².